The summed E-state index contributed by atoms with van der Waals surface area (Å²) in [5.74, 6) is -0.276. The third-order valence-electron chi connectivity index (χ3n) is 5.05. The second kappa shape index (κ2) is 30.6. The number of esters is 1. The average molecular weight is 549 g/mol. The van der Waals surface area contributed by atoms with Crippen molar-refractivity contribution in [3.63, 3.8) is 0 Å². The molecule has 0 rings (SSSR count). The predicted octanol–water partition coefficient (Wildman–Crippen LogP) is 2.55. The molecule has 0 spiro atoms. The zero-order valence-corrected chi connectivity index (χ0v) is 22.9. The van der Waals surface area contributed by atoms with E-state index >= 15 is 0 Å². The van der Waals surface area contributed by atoms with Crippen molar-refractivity contribution in [1.82, 2.24) is 0 Å². The van der Waals surface area contributed by atoms with Crippen molar-refractivity contribution in [3.05, 3.63) is 0 Å². The molecule has 0 saturated heterocycles. The van der Waals surface area contributed by atoms with Gasteiger partial charge in [0.25, 0.3) is 0 Å². The third kappa shape index (κ3) is 46.7. The number of aliphatic hydroxyl groups excluding tert-OH is 5. The van der Waals surface area contributed by atoms with Crippen LogP contribution in [0, 0.1) is 0 Å². The highest BCUT2D eigenvalue weighted by Crippen LogP contribution is 2.25. The lowest BCUT2D eigenvalue weighted by Gasteiger charge is -2.08. The molecule has 0 aliphatic carbocycles. The Labute approximate surface area is 216 Å². The number of aliphatic hydroxyl groups is 5. The normalized spacial score (nSPS) is 11.8. The van der Waals surface area contributed by atoms with Crippen LogP contribution < -0.4 is 0 Å². The Balaban J connectivity index is -0.000000818. The molecule has 0 aromatic rings. The molecule has 0 saturated carbocycles. The zero-order valence-electron chi connectivity index (χ0n) is 22.0. The molecule has 12 heteroatoms. The summed E-state index contributed by atoms with van der Waals surface area (Å²) in [6.45, 7) is 1.06. The molecule has 0 radical (unpaired) electrons. The number of ether oxygens (including phenoxy) is 1. The number of unbranched alkanes of at least 4 members (excludes halogenated alkanes) is 14. The maximum Gasteiger partial charge on any atom is 0.466 e. The van der Waals surface area contributed by atoms with Crippen molar-refractivity contribution >= 4 is 13.8 Å². The van der Waals surface area contributed by atoms with Gasteiger partial charge in [0, 0.05) is 6.42 Å². The van der Waals surface area contributed by atoms with Gasteiger partial charge in [-0.1, -0.05) is 96.8 Å². The standard InChI is InChI=1S/C21H42O4.C3H8O3.H3O4P/c1-2-3-4-5-6-7-8-9-10-11-12-13-14-15-16-17-21(24)25-19-20(23)18-22;4-1-3(6)2-5;1-5(2,3)4/h20,22-23H,2-19H2,1H3;3-6H,1-2H2;(H3,1,2,3,4). The van der Waals surface area contributed by atoms with E-state index in [0.717, 1.165) is 12.8 Å². The van der Waals surface area contributed by atoms with E-state index in [9.17, 15) is 4.79 Å². The molecule has 1 unspecified atom stereocenters. The van der Waals surface area contributed by atoms with Gasteiger partial charge in [-0.2, -0.15) is 0 Å². The molecule has 36 heavy (non-hydrogen) atoms. The summed E-state index contributed by atoms with van der Waals surface area (Å²) < 4.78 is 13.7. The molecule has 0 aliphatic heterocycles. The fraction of sp³-hybridized carbons (Fsp3) is 0.958. The highest BCUT2D eigenvalue weighted by Gasteiger charge is 2.07. The van der Waals surface area contributed by atoms with Gasteiger partial charge in [-0.25, -0.2) is 4.57 Å². The summed E-state index contributed by atoms with van der Waals surface area (Å²) in [6, 6.07) is 0. The van der Waals surface area contributed by atoms with Gasteiger partial charge in [0.05, 0.1) is 19.8 Å². The first-order valence-electron chi connectivity index (χ1n) is 13.1. The molecular formula is C24H53O11P. The Morgan fingerprint density at radius 3 is 1.22 bits per heavy atom. The quantitative estimate of drug-likeness (QED) is 0.0594. The number of carbonyl (C=O) groups is 1. The number of hydrogen-bond acceptors (Lipinski definition) is 8. The molecule has 0 aromatic heterocycles. The maximum atomic E-state index is 11.4. The van der Waals surface area contributed by atoms with Gasteiger partial charge in [-0.3, -0.25) is 4.79 Å². The summed E-state index contributed by atoms with van der Waals surface area (Å²) in [6.07, 6.45) is 18.1. The van der Waals surface area contributed by atoms with Crippen molar-refractivity contribution in [1.29, 1.82) is 0 Å². The smallest absolute Gasteiger partial charge is 0.463 e. The van der Waals surface area contributed by atoms with Crippen molar-refractivity contribution in [2.75, 3.05) is 26.4 Å². The second-order valence-electron chi connectivity index (χ2n) is 8.75. The van der Waals surface area contributed by atoms with Gasteiger partial charge in [0.15, 0.2) is 0 Å². The van der Waals surface area contributed by atoms with Crippen molar-refractivity contribution < 1.29 is 54.3 Å². The zero-order chi connectivity index (χ0) is 28.1. The fourth-order valence-electron chi connectivity index (χ4n) is 3.01. The first-order valence-corrected chi connectivity index (χ1v) is 14.7. The summed E-state index contributed by atoms with van der Waals surface area (Å²) in [4.78, 5) is 32.9. The van der Waals surface area contributed by atoms with Crippen LogP contribution >= 0.6 is 7.82 Å². The molecule has 8 N–H and O–H groups in total. The van der Waals surface area contributed by atoms with E-state index in [-0.39, 0.29) is 32.4 Å². The van der Waals surface area contributed by atoms with Gasteiger partial charge in [0.1, 0.15) is 18.8 Å². The van der Waals surface area contributed by atoms with Crippen molar-refractivity contribution in [2.24, 2.45) is 0 Å². The summed E-state index contributed by atoms with van der Waals surface area (Å²) in [5, 5.41) is 41.7. The Bertz CT molecular complexity index is 476. The molecule has 0 fully saturated rings. The van der Waals surface area contributed by atoms with E-state index in [4.69, 9.17) is 49.5 Å². The van der Waals surface area contributed by atoms with Crippen molar-refractivity contribution in [3.8, 4) is 0 Å². The summed E-state index contributed by atoms with van der Waals surface area (Å²) >= 11 is 0. The highest BCUT2D eigenvalue weighted by atomic mass is 31.2. The van der Waals surface area contributed by atoms with Crippen LogP contribution in [0.4, 0.5) is 0 Å². The van der Waals surface area contributed by atoms with Crippen LogP contribution in [0.5, 0.6) is 0 Å². The SMILES string of the molecule is CCCCCCCCCCCCCCCCCC(=O)OCC(O)CO.O=P(O)(O)O.OCC(O)CO. The highest BCUT2D eigenvalue weighted by molar-refractivity contribution is 7.45. The lowest BCUT2D eigenvalue weighted by Crippen LogP contribution is -2.21. The van der Waals surface area contributed by atoms with Crippen LogP contribution in [0.1, 0.15) is 110 Å². The molecule has 11 nitrogen and oxygen atoms in total. The number of hydrogen-bond donors (Lipinski definition) is 8. The first kappa shape index (κ1) is 39.9. The largest absolute Gasteiger partial charge is 0.466 e. The molecule has 0 heterocycles. The minimum Gasteiger partial charge on any atom is -0.463 e. The Hall–Kier alpha value is -0.620. The predicted molar refractivity (Wildman–Crippen MR) is 138 cm³/mol. The molecule has 1 atom stereocenters. The Morgan fingerprint density at radius 1 is 0.639 bits per heavy atom. The fourth-order valence-corrected chi connectivity index (χ4v) is 3.01. The van der Waals surface area contributed by atoms with E-state index in [1.54, 1.807) is 0 Å². The lowest BCUT2D eigenvalue weighted by atomic mass is 10.0. The van der Waals surface area contributed by atoms with E-state index in [1.165, 1.54) is 83.5 Å². The summed E-state index contributed by atoms with van der Waals surface area (Å²) in [7, 11) is -4.64. The monoisotopic (exact) mass is 548 g/mol. The van der Waals surface area contributed by atoms with E-state index < -0.39 is 20.0 Å². The maximum absolute atomic E-state index is 11.4. The van der Waals surface area contributed by atoms with Crippen LogP contribution in [0.15, 0.2) is 0 Å². The lowest BCUT2D eigenvalue weighted by molar-refractivity contribution is -0.147. The van der Waals surface area contributed by atoms with Gasteiger partial charge < -0.3 is 44.9 Å². The first-order chi connectivity index (χ1) is 17.0. The van der Waals surface area contributed by atoms with Crippen LogP contribution in [0.2, 0.25) is 0 Å². The Kier molecular flexibility index (Phi) is 33.9. The van der Waals surface area contributed by atoms with Crippen LogP contribution in [0.25, 0.3) is 0 Å². The van der Waals surface area contributed by atoms with Gasteiger partial charge in [-0.05, 0) is 6.42 Å². The number of carbonyl (C=O) groups excluding carboxylic acids is 1. The van der Waals surface area contributed by atoms with Crippen LogP contribution in [0.3, 0.4) is 0 Å². The van der Waals surface area contributed by atoms with Gasteiger partial charge >= 0.3 is 13.8 Å². The van der Waals surface area contributed by atoms with E-state index in [0.29, 0.717) is 6.42 Å². The van der Waals surface area contributed by atoms with Crippen molar-refractivity contribution in [2.45, 2.75) is 122 Å². The van der Waals surface area contributed by atoms with Gasteiger partial charge in [-0.15, -0.1) is 0 Å². The molecule has 0 aromatic carbocycles. The van der Waals surface area contributed by atoms with Crippen LogP contribution in [-0.2, 0) is 14.1 Å². The molecule has 0 amide bonds. The Morgan fingerprint density at radius 2 is 0.944 bits per heavy atom. The van der Waals surface area contributed by atoms with E-state index in [2.05, 4.69) is 6.92 Å². The minimum absolute atomic E-state index is 0.103. The molecule has 0 bridgehead atoms. The molecular weight excluding hydrogens is 495 g/mol. The second-order valence-corrected chi connectivity index (χ2v) is 9.78. The molecule has 220 valence electrons. The van der Waals surface area contributed by atoms with Gasteiger partial charge in [0.2, 0.25) is 0 Å². The number of rotatable bonds is 21. The molecule has 0 aliphatic rings. The minimum atomic E-state index is -4.64. The van der Waals surface area contributed by atoms with Crippen LogP contribution in [-0.4, -0.2) is 84.8 Å². The average Bonchev–Trinajstić information content (AvgIpc) is 2.83. The topological polar surface area (TPSA) is 205 Å². The summed E-state index contributed by atoms with van der Waals surface area (Å²) in [5.41, 5.74) is 0. The number of phosphoric acid groups is 1. The third-order valence-corrected chi connectivity index (χ3v) is 5.05. The van der Waals surface area contributed by atoms with E-state index in [1.807, 2.05) is 0 Å².